The summed E-state index contributed by atoms with van der Waals surface area (Å²) >= 11 is 0. The number of rotatable bonds is 6. The van der Waals surface area contributed by atoms with Gasteiger partial charge in [0.2, 0.25) is 0 Å². The Bertz CT molecular complexity index is 508. The van der Waals surface area contributed by atoms with Crippen molar-refractivity contribution < 1.29 is 4.39 Å². The van der Waals surface area contributed by atoms with Crippen LogP contribution in [0.15, 0.2) is 36.7 Å². The maximum Gasteiger partial charge on any atom is 0.126 e. The second-order valence-electron chi connectivity index (χ2n) is 4.81. The summed E-state index contributed by atoms with van der Waals surface area (Å²) in [4.78, 5) is 0. The number of aromatic nitrogens is 2. The molecule has 0 aliphatic heterocycles. The van der Waals surface area contributed by atoms with Gasteiger partial charge in [-0.2, -0.15) is 5.10 Å². The highest BCUT2D eigenvalue weighted by Gasteiger charge is 2.06. The van der Waals surface area contributed by atoms with E-state index in [0.717, 1.165) is 25.1 Å². The molecule has 0 aliphatic rings. The normalized spacial score (nSPS) is 12.6. The van der Waals surface area contributed by atoms with E-state index in [4.69, 9.17) is 0 Å². The van der Waals surface area contributed by atoms with Crippen molar-refractivity contribution in [2.45, 2.75) is 32.9 Å². The van der Waals surface area contributed by atoms with E-state index in [1.165, 1.54) is 0 Å². The molecule has 4 heteroatoms. The molecule has 2 rings (SSSR count). The van der Waals surface area contributed by atoms with Gasteiger partial charge in [-0.1, -0.05) is 12.1 Å². The molecule has 19 heavy (non-hydrogen) atoms. The van der Waals surface area contributed by atoms with Crippen LogP contribution < -0.4 is 5.32 Å². The third-order valence-electron chi connectivity index (χ3n) is 3.27. The third kappa shape index (κ3) is 3.89. The van der Waals surface area contributed by atoms with E-state index in [0.29, 0.717) is 5.56 Å². The van der Waals surface area contributed by atoms with E-state index >= 15 is 0 Å². The Balaban J connectivity index is 1.77. The van der Waals surface area contributed by atoms with Gasteiger partial charge in [0.15, 0.2) is 0 Å². The molecule has 1 N–H and O–H groups in total. The molecule has 102 valence electrons. The van der Waals surface area contributed by atoms with Gasteiger partial charge in [0.25, 0.3) is 0 Å². The lowest BCUT2D eigenvalue weighted by molar-refractivity contribution is 0.504. The number of hydrogen-bond donors (Lipinski definition) is 1. The molecular formula is C15H20FN3. The SMILES string of the molecule is Cc1ccc(C(C)NCCCn2cccn2)cc1F. The van der Waals surface area contributed by atoms with Crippen LogP contribution in [0.3, 0.4) is 0 Å². The molecule has 0 saturated heterocycles. The summed E-state index contributed by atoms with van der Waals surface area (Å²) < 4.78 is 15.4. The number of nitrogens with zero attached hydrogens (tertiary/aromatic N) is 2. The highest BCUT2D eigenvalue weighted by atomic mass is 19.1. The summed E-state index contributed by atoms with van der Waals surface area (Å²) in [6, 6.07) is 7.50. The number of nitrogens with one attached hydrogen (secondary N) is 1. The highest BCUT2D eigenvalue weighted by molar-refractivity contribution is 5.25. The van der Waals surface area contributed by atoms with Gasteiger partial charge in [-0.15, -0.1) is 0 Å². The van der Waals surface area contributed by atoms with Crippen molar-refractivity contribution in [3.8, 4) is 0 Å². The first-order chi connectivity index (χ1) is 9.16. The van der Waals surface area contributed by atoms with Crippen LogP contribution in [0.1, 0.15) is 30.5 Å². The van der Waals surface area contributed by atoms with Gasteiger partial charge in [-0.25, -0.2) is 4.39 Å². The molecule has 0 aliphatic carbocycles. The zero-order valence-corrected chi connectivity index (χ0v) is 11.4. The van der Waals surface area contributed by atoms with Crippen molar-refractivity contribution in [3.63, 3.8) is 0 Å². The molecule has 0 amide bonds. The van der Waals surface area contributed by atoms with Gasteiger partial charge in [0.1, 0.15) is 5.82 Å². The number of hydrogen-bond acceptors (Lipinski definition) is 2. The van der Waals surface area contributed by atoms with Crippen molar-refractivity contribution >= 4 is 0 Å². The zero-order valence-electron chi connectivity index (χ0n) is 11.4. The lowest BCUT2D eigenvalue weighted by Crippen LogP contribution is -2.21. The summed E-state index contributed by atoms with van der Waals surface area (Å²) in [6.45, 7) is 5.62. The molecule has 0 bridgehead atoms. The molecule has 2 aromatic rings. The van der Waals surface area contributed by atoms with Crippen LogP contribution in [0, 0.1) is 12.7 Å². The molecule has 0 radical (unpaired) electrons. The Morgan fingerprint density at radius 3 is 2.95 bits per heavy atom. The Morgan fingerprint density at radius 1 is 1.42 bits per heavy atom. The van der Waals surface area contributed by atoms with Gasteiger partial charge < -0.3 is 5.32 Å². The molecule has 0 spiro atoms. The minimum atomic E-state index is -0.136. The van der Waals surface area contributed by atoms with Crippen molar-refractivity contribution in [2.75, 3.05) is 6.54 Å². The average Bonchev–Trinajstić information content (AvgIpc) is 2.91. The van der Waals surface area contributed by atoms with Gasteiger partial charge in [0.05, 0.1) is 0 Å². The van der Waals surface area contributed by atoms with Gasteiger partial charge in [-0.05, 0) is 50.1 Å². The Morgan fingerprint density at radius 2 is 2.26 bits per heavy atom. The van der Waals surface area contributed by atoms with E-state index in [1.807, 2.05) is 29.1 Å². The maximum absolute atomic E-state index is 13.5. The van der Waals surface area contributed by atoms with Gasteiger partial charge in [0, 0.05) is 25.0 Å². The molecule has 1 unspecified atom stereocenters. The number of halogens is 1. The van der Waals surface area contributed by atoms with Crippen LogP contribution in [0.4, 0.5) is 4.39 Å². The smallest absolute Gasteiger partial charge is 0.126 e. The van der Waals surface area contributed by atoms with Gasteiger partial charge >= 0.3 is 0 Å². The second kappa shape index (κ2) is 6.48. The van der Waals surface area contributed by atoms with Crippen LogP contribution in [0.2, 0.25) is 0 Å². The first-order valence-corrected chi connectivity index (χ1v) is 6.63. The molecule has 0 saturated carbocycles. The van der Waals surface area contributed by atoms with Crippen LogP contribution in [0.25, 0.3) is 0 Å². The van der Waals surface area contributed by atoms with E-state index in [-0.39, 0.29) is 11.9 Å². The number of benzene rings is 1. The van der Waals surface area contributed by atoms with E-state index in [2.05, 4.69) is 17.3 Å². The molecule has 1 heterocycles. The topological polar surface area (TPSA) is 29.9 Å². The molecule has 0 fully saturated rings. The van der Waals surface area contributed by atoms with E-state index in [9.17, 15) is 4.39 Å². The van der Waals surface area contributed by atoms with Crippen molar-refractivity contribution in [2.24, 2.45) is 0 Å². The Kier molecular flexibility index (Phi) is 4.68. The van der Waals surface area contributed by atoms with Crippen molar-refractivity contribution in [1.29, 1.82) is 0 Å². The Labute approximate surface area is 113 Å². The predicted octanol–water partition coefficient (Wildman–Crippen LogP) is 3.07. The second-order valence-corrected chi connectivity index (χ2v) is 4.81. The molecule has 1 aromatic heterocycles. The summed E-state index contributed by atoms with van der Waals surface area (Å²) in [5.41, 5.74) is 1.68. The summed E-state index contributed by atoms with van der Waals surface area (Å²) in [7, 11) is 0. The molecular weight excluding hydrogens is 241 g/mol. The van der Waals surface area contributed by atoms with Crippen LogP contribution in [-0.4, -0.2) is 16.3 Å². The molecule has 1 aromatic carbocycles. The van der Waals surface area contributed by atoms with Crippen LogP contribution >= 0.6 is 0 Å². The van der Waals surface area contributed by atoms with Crippen molar-refractivity contribution in [3.05, 3.63) is 53.6 Å². The lowest BCUT2D eigenvalue weighted by Gasteiger charge is -2.15. The standard InChI is InChI=1S/C15H20FN3/c1-12-5-6-14(11-15(12)16)13(2)17-7-3-9-19-10-4-8-18-19/h4-6,8,10-11,13,17H,3,7,9H2,1-2H3. The monoisotopic (exact) mass is 261 g/mol. The van der Waals surface area contributed by atoms with Gasteiger partial charge in [-0.3, -0.25) is 4.68 Å². The fourth-order valence-electron chi connectivity index (χ4n) is 1.99. The summed E-state index contributed by atoms with van der Waals surface area (Å²) in [5, 5.41) is 7.55. The van der Waals surface area contributed by atoms with E-state index < -0.39 is 0 Å². The van der Waals surface area contributed by atoms with Crippen molar-refractivity contribution in [1.82, 2.24) is 15.1 Å². The number of aryl methyl sites for hydroxylation is 2. The fourth-order valence-corrected chi connectivity index (χ4v) is 1.99. The van der Waals surface area contributed by atoms with Crippen LogP contribution in [-0.2, 0) is 6.54 Å². The first kappa shape index (κ1) is 13.7. The average molecular weight is 261 g/mol. The summed E-state index contributed by atoms with van der Waals surface area (Å²) in [6.07, 6.45) is 4.74. The first-order valence-electron chi connectivity index (χ1n) is 6.63. The maximum atomic E-state index is 13.5. The van der Waals surface area contributed by atoms with Crippen LogP contribution in [0.5, 0.6) is 0 Å². The molecule has 1 atom stereocenters. The minimum Gasteiger partial charge on any atom is -0.310 e. The quantitative estimate of drug-likeness (QED) is 0.810. The molecule has 3 nitrogen and oxygen atoms in total. The van der Waals surface area contributed by atoms with E-state index in [1.54, 1.807) is 19.2 Å². The third-order valence-corrected chi connectivity index (χ3v) is 3.27. The predicted molar refractivity (Wildman–Crippen MR) is 74.4 cm³/mol. The fraction of sp³-hybridized carbons (Fsp3) is 0.400. The largest absolute Gasteiger partial charge is 0.310 e. The Hall–Kier alpha value is -1.68. The lowest BCUT2D eigenvalue weighted by atomic mass is 10.1. The highest BCUT2D eigenvalue weighted by Crippen LogP contribution is 2.16. The zero-order chi connectivity index (χ0) is 13.7. The summed E-state index contributed by atoms with van der Waals surface area (Å²) in [5.74, 6) is -0.136. The minimum absolute atomic E-state index is 0.136.